The number of aromatic nitrogens is 2. The lowest BCUT2D eigenvalue weighted by molar-refractivity contribution is 0.136. The van der Waals surface area contributed by atoms with Crippen molar-refractivity contribution in [2.45, 2.75) is 32.7 Å². The van der Waals surface area contributed by atoms with Gasteiger partial charge in [-0.15, -0.1) is 0 Å². The number of piperidine rings is 1. The zero-order valence-corrected chi connectivity index (χ0v) is 13.7. The minimum Gasteiger partial charge on any atom is -0.396 e. The number of rotatable bonds is 3. The first kappa shape index (κ1) is 15.8. The van der Waals surface area contributed by atoms with E-state index in [1.54, 1.807) is 4.90 Å². The van der Waals surface area contributed by atoms with Gasteiger partial charge in [-0.05, 0) is 50.8 Å². The third-order valence-corrected chi connectivity index (χ3v) is 4.37. The summed E-state index contributed by atoms with van der Waals surface area (Å²) in [6.07, 6.45) is 3.93. The van der Waals surface area contributed by atoms with Crippen molar-refractivity contribution in [2.24, 2.45) is 5.92 Å². The summed E-state index contributed by atoms with van der Waals surface area (Å²) in [5.41, 5.74) is 1.70. The molecule has 0 saturated carbocycles. The van der Waals surface area contributed by atoms with Crippen LogP contribution in [0.4, 0.5) is 10.5 Å². The van der Waals surface area contributed by atoms with Gasteiger partial charge >= 0.3 is 6.03 Å². The monoisotopic (exact) mass is 316 g/mol. The zero-order chi connectivity index (χ0) is 16.4. The minimum absolute atomic E-state index is 0.0984. The van der Waals surface area contributed by atoms with E-state index < -0.39 is 0 Å². The van der Waals surface area contributed by atoms with Gasteiger partial charge in [0.15, 0.2) is 0 Å². The highest BCUT2D eigenvalue weighted by molar-refractivity contribution is 5.92. The number of likely N-dealkylation sites (tertiary alicyclic amines) is 1. The summed E-state index contributed by atoms with van der Waals surface area (Å²) in [6, 6.07) is 5.97. The van der Waals surface area contributed by atoms with E-state index in [0.29, 0.717) is 12.6 Å². The summed E-state index contributed by atoms with van der Waals surface area (Å²) in [4.78, 5) is 14.2. The van der Waals surface area contributed by atoms with Crippen LogP contribution < -0.4 is 5.32 Å². The molecule has 124 valence electrons. The second-order valence-electron chi connectivity index (χ2n) is 6.54. The summed E-state index contributed by atoms with van der Waals surface area (Å²) in [6.45, 7) is 5.68. The molecule has 1 aliphatic rings. The number of anilines is 1. The fraction of sp³-hybridized carbons (Fsp3) is 0.529. The standard InChI is InChI=1S/C17H24N4O2/c1-12(2)21-10-14-8-15(5-6-16(14)19-21)18-17(23)20-7-3-4-13(9-20)11-22/h5-6,8,10,12-13,22H,3-4,7,9,11H2,1-2H3,(H,18,23). The first-order chi connectivity index (χ1) is 11.1. The van der Waals surface area contributed by atoms with Crippen molar-refractivity contribution >= 4 is 22.6 Å². The molecule has 6 heteroatoms. The van der Waals surface area contributed by atoms with Crippen molar-refractivity contribution < 1.29 is 9.90 Å². The maximum Gasteiger partial charge on any atom is 0.321 e. The van der Waals surface area contributed by atoms with Crippen molar-refractivity contribution in [2.75, 3.05) is 25.0 Å². The molecule has 0 bridgehead atoms. The van der Waals surface area contributed by atoms with E-state index in [0.717, 1.165) is 36.0 Å². The molecular formula is C17H24N4O2. The van der Waals surface area contributed by atoms with E-state index in [1.807, 2.05) is 29.1 Å². The predicted octanol–water partition coefficient (Wildman–Crippen LogP) is 2.85. The Hall–Kier alpha value is -2.08. The molecular weight excluding hydrogens is 292 g/mol. The Balaban J connectivity index is 1.71. The average molecular weight is 316 g/mol. The van der Waals surface area contributed by atoms with Gasteiger partial charge in [0.25, 0.3) is 0 Å². The Kier molecular flexibility index (Phi) is 4.52. The predicted molar refractivity (Wildman–Crippen MR) is 90.5 cm³/mol. The molecule has 1 fully saturated rings. The van der Waals surface area contributed by atoms with Crippen LogP contribution in [0.25, 0.3) is 10.9 Å². The molecule has 0 radical (unpaired) electrons. The first-order valence-corrected chi connectivity index (χ1v) is 8.22. The van der Waals surface area contributed by atoms with E-state index in [-0.39, 0.29) is 18.6 Å². The Morgan fingerprint density at radius 3 is 3.04 bits per heavy atom. The third kappa shape index (κ3) is 3.47. The third-order valence-electron chi connectivity index (χ3n) is 4.37. The van der Waals surface area contributed by atoms with Crippen LogP contribution >= 0.6 is 0 Å². The number of nitrogens with one attached hydrogen (secondary N) is 1. The van der Waals surface area contributed by atoms with Crippen LogP contribution in [0.2, 0.25) is 0 Å². The molecule has 0 aliphatic carbocycles. The van der Waals surface area contributed by atoms with Crippen LogP contribution in [-0.2, 0) is 0 Å². The second-order valence-corrected chi connectivity index (χ2v) is 6.54. The number of nitrogens with zero attached hydrogens (tertiary/aromatic N) is 3. The molecule has 1 aliphatic heterocycles. The smallest absolute Gasteiger partial charge is 0.321 e. The van der Waals surface area contributed by atoms with Crippen molar-refractivity contribution in [1.29, 1.82) is 0 Å². The number of benzene rings is 1. The van der Waals surface area contributed by atoms with Crippen LogP contribution in [0.3, 0.4) is 0 Å². The SMILES string of the molecule is CC(C)n1cc2cc(NC(=O)N3CCCC(CO)C3)ccc2n1. The molecule has 2 N–H and O–H groups in total. The topological polar surface area (TPSA) is 70.4 Å². The molecule has 1 aromatic heterocycles. The number of amides is 2. The van der Waals surface area contributed by atoms with Gasteiger partial charge in [-0.1, -0.05) is 0 Å². The molecule has 6 nitrogen and oxygen atoms in total. The lowest BCUT2D eigenvalue weighted by Crippen LogP contribution is -2.43. The van der Waals surface area contributed by atoms with Gasteiger partial charge in [0.2, 0.25) is 0 Å². The van der Waals surface area contributed by atoms with Crippen LogP contribution in [0.15, 0.2) is 24.4 Å². The van der Waals surface area contributed by atoms with E-state index in [9.17, 15) is 9.90 Å². The van der Waals surface area contributed by atoms with Gasteiger partial charge in [0.1, 0.15) is 0 Å². The normalized spacial score (nSPS) is 18.6. The molecule has 1 saturated heterocycles. The summed E-state index contributed by atoms with van der Waals surface area (Å²) in [5, 5.41) is 17.8. The van der Waals surface area contributed by atoms with E-state index >= 15 is 0 Å². The second kappa shape index (κ2) is 6.58. The highest BCUT2D eigenvalue weighted by Gasteiger charge is 2.23. The molecule has 0 spiro atoms. The maximum absolute atomic E-state index is 12.4. The van der Waals surface area contributed by atoms with Gasteiger partial charge in [-0.3, -0.25) is 4.68 Å². The highest BCUT2D eigenvalue weighted by Crippen LogP contribution is 2.21. The zero-order valence-electron chi connectivity index (χ0n) is 13.7. The average Bonchev–Trinajstić information content (AvgIpc) is 2.98. The number of aliphatic hydroxyl groups is 1. The Morgan fingerprint density at radius 2 is 2.30 bits per heavy atom. The quantitative estimate of drug-likeness (QED) is 0.914. The van der Waals surface area contributed by atoms with Crippen LogP contribution in [0.5, 0.6) is 0 Å². The van der Waals surface area contributed by atoms with Crippen molar-refractivity contribution in [1.82, 2.24) is 14.7 Å². The molecule has 2 amide bonds. The lowest BCUT2D eigenvalue weighted by Gasteiger charge is -2.31. The van der Waals surface area contributed by atoms with Crippen molar-refractivity contribution in [3.8, 4) is 0 Å². The molecule has 2 heterocycles. The fourth-order valence-corrected chi connectivity index (χ4v) is 2.99. The Morgan fingerprint density at radius 1 is 1.48 bits per heavy atom. The van der Waals surface area contributed by atoms with Crippen LogP contribution in [-0.4, -0.2) is 45.5 Å². The van der Waals surface area contributed by atoms with Gasteiger partial charge in [0, 0.05) is 43.0 Å². The molecule has 1 atom stereocenters. The van der Waals surface area contributed by atoms with Crippen LogP contribution in [0.1, 0.15) is 32.7 Å². The van der Waals surface area contributed by atoms with E-state index in [1.165, 1.54) is 0 Å². The molecule has 3 rings (SSSR count). The molecule has 1 aromatic carbocycles. The number of hydrogen-bond donors (Lipinski definition) is 2. The summed E-state index contributed by atoms with van der Waals surface area (Å²) in [5.74, 6) is 0.196. The number of carbonyl (C=O) groups excluding carboxylic acids is 1. The first-order valence-electron chi connectivity index (χ1n) is 8.22. The van der Waals surface area contributed by atoms with E-state index in [4.69, 9.17) is 0 Å². The fourth-order valence-electron chi connectivity index (χ4n) is 2.99. The minimum atomic E-state index is -0.0984. The van der Waals surface area contributed by atoms with Gasteiger partial charge in [-0.25, -0.2) is 4.79 Å². The summed E-state index contributed by atoms with van der Waals surface area (Å²) < 4.78 is 1.92. The van der Waals surface area contributed by atoms with Gasteiger partial charge in [-0.2, -0.15) is 5.10 Å². The van der Waals surface area contributed by atoms with Crippen molar-refractivity contribution in [3.05, 3.63) is 24.4 Å². The summed E-state index contributed by atoms with van der Waals surface area (Å²) >= 11 is 0. The summed E-state index contributed by atoms with van der Waals surface area (Å²) in [7, 11) is 0. The number of urea groups is 1. The Bertz CT molecular complexity index is 695. The molecule has 2 aromatic rings. The molecule has 1 unspecified atom stereocenters. The Labute approximate surface area is 136 Å². The molecule has 23 heavy (non-hydrogen) atoms. The van der Waals surface area contributed by atoms with Crippen molar-refractivity contribution in [3.63, 3.8) is 0 Å². The number of hydrogen-bond acceptors (Lipinski definition) is 3. The largest absolute Gasteiger partial charge is 0.396 e. The van der Waals surface area contributed by atoms with E-state index in [2.05, 4.69) is 24.3 Å². The van der Waals surface area contributed by atoms with Crippen LogP contribution in [0, 0.1) is 5.92 Å². The van der Waals surface area contributed by atoms with Gasteiger partial charge in [0.05, 0.1) is 5.52 Å². The number of fused-ring (bicyclic) bond motifs is 1. The number of carbonyl (C=O) groups is 1. The van der Waals surface area contributed by atoms with Gasteiger partial charge < -0.3 is 15.3 Å². The lowest BCUT2D eigenvalue weighted by atomic mass is 9.99. The maximum atomic E-state index is 12.4. The highest BCUT2D eigenvalue weighted by atomic mass is 16.3. The number of aliphatic hydroxyl groups excluding tert-OH is 1.